The van der Waals surface area contributed by atoms with E-state index in [9.17, 15) is 14.4 Å². The molecule has 1 aliphatic rings. The second kappa shape index (κ2) is 19.3. The molecule has 9 nitrogen and oxygen atoms in total. The number of rotatable bonds is 14. The van der Waals surface area contributed by atoms with E-state index < -0.39 is 24.1 Å². The van der Waals surface area contributed by atoms with Crippen LogP contribution >= 0.6 is 27.5 Å². The highest BCUT2D eigenvalue weighted by atomic mass is 79.9. The fourth-order valence-corrected chi connectivity index (χ4v) is 8.92. The van der Waals surface area contributed by atoms with Gasteiger partial charge in [-0.25, -0.2) is 4.79 Å². The quantitative estimate of drug-likeness (QED) is 0.0850. The summed E-state index contributed by atoms with van der Waals surface area (Å²) in [5.41, 5.74) is 11.9. The largest absolute Gasteiger partial charge is 0.497 e. The van der Waals surface area contributed by atoms with Crippen LogP contribution in [0.15, 0.2) is 120 Å². The Morgan fingerprint density at radius 1 is 0.833 bits per heavy atom. The zero-order valence-corrected chi connectivity index (χ0v) is 36.4. The van der Waals surface area contributed by atoms with Crippen molar-refractivity contribution in [3.63, 3.8) is 0 Å². The first-order chi connectivity index (χ1) is 29.1. The number of hydrogen-bond acceptors (Lipinski definition) is 8. The number of fused-ring (bicyclic) bond motifs is 1. The summed E-state index contributed by atoms with van der Waals surface area (Å²) in [6, 6.07) is 34.6. The molecule has 1 heterocycles. The Morgan fingerprint density at radius 3 is 2.08 bits per heavy atom. The Bertz CT molecular complexity index is 2470. The summed E-state index contributed by atoms with van der Waals surface area (Å²) in [6.07, 6.45) is 3.72. The van der Waals surface area contributed by atoms with Crippen LogP contribution in [0.3, 0.4) is 0 Å². The van der Waals surface area contributed by atoms with E-state index >= 15 is 0 Å². The van der Waals surface area contributed by atoms with Gasteiger partial charge in [0.15, 0.2) is 12.2 Å². The van der Waals surface area contributed by atoms with Crippen molar-refractivity contribution in [1.82, 2.24) is 9.47 Å². The van der Waals surface area contributed by atoms with E-state index in [-0.39, 0.29) is 12.3 Å². The first-order valence-corrected chi connectivity index (χ1v) is 21.5. The molecule has 1 saturated carbocycles. The summed E-state index contributed by atoms with van der Waals surface area (Å²) >= 11 is 9.75. The number of ether oxygens (including phenoxy) is 3. The first kappa shape index (κ1) is 42.7. The Labute approximate surface area is 364 Å². The Kier molecular flexibility index (Phi) is 13.7. The van der Waals surface area contributed by atoms with Crippen LogP contribution in [0.2, 0.25) is 5.02 Å². The van der Waals surface area contributed by atoms with Crippen LogP contribution < -0.4 is 10.5 Å². The number of carbonyl (C=O) groups is 3. The first-order valence-electron chi connectivity index (χ1n) is 20.4. The Hall–Kier alpha value is -5.42. The van der Waals surface area contributed by atoms with Crippen molar-refractivity contribution in [3.8, 4) is 5.75 Å². The molecule has 0 amide bonds. The van der Waals surface area contributed by atoms with Crippen LogP contribution in [0.5, 0.6) is 5.75 Å². The third-order valence-corrected chi connectivity index (χ3v) is 12.4. The summed E-state index contributed by atoms with van der Waals surface area (Å²) in [5, 5.41) is 1.18. The lowest BCUT2D eigenvalue weighted by Crippen LogP contribution is -2.36. The van der Waals surface area contributed by atoms with Gasteiger partial charge in [-0.15, -0.1) is 0 Å². The van der Waals surface area contributed by atoms with E-state index in [1.807, 2.05) is 72.8 Å². The minimum absolute atomic E-state index is 0.182. The van der Waals surface area contributed by atoms with E-state index in [0.717, 1.165) is 24.9 Å². The monoisotopic (exact) mass is 889 g/mol. The van der Waals surface area contributed by atoms with E-state index in [1.165, 1.54) is 19.3 Å². The molecule has 0 saturated heterocycles. The maximum absolute atomic E-state index is 14.4. The molecule has 6 aromatic rings. The standard InChI is InChI=1S/C49H49BrClN3O6/c1-4-53(38-18-12-7-13-19-38)30-36-26-35(27-42(50)45(36)52)49(57)60-47(33-16-10-6-11-17-33)46(32-14-8-5-9-15-32)59-44(55)29-40-31(2)54(43-25-24-39(58-3)28-41(40)43)48(56)34-20-22-37(51)23-21-34/h5-6,8-11,14-17,20-28,38,46-47H,4,7,12-13,18-19,29-30,52H2,1-3H3. The molecule has 7 rings (SSSR count). The maximum atomic E-state index is 14.4. The normalized spacial score (nSPS) is 14.2. The zero-order valence-electron chi connectivity index (χ0n) is 34.0. The second-order valence-electron chi connectivity index (χ2n) is 15.2. The Balaban J connectivity index is 1.22. The highest BCUT2D eigenvalue weighted by molar-refractivity contribution is 9.10. The molecule has 1 aromatic heterocycles. The molecule has 60 heavy (non-hydrogen) atoms. The number of nitrogens with zero attached hydrogens (tertiary/aromatic N) is 2. The summed E-state index contributed by atoms with van der Waals surface area (Å²) in [6.45, 7) is 5.43. The lowest BCUT2D eigenvalue weighted by atomic mass is 9.93. The van der Waals surface area contributed by atoms with Gasteiger partial charge in [-0.2, -0.15) is 0 Å². The highest BCUT2D eigenvalue weighted by Gasteiger charge is 2.34. The number of nitrogen functional groups attached to an aromatic ring is 1. The SMILES string of the molecule is CCN(Cc1cc(C(=O)OC(c2ccccc2)C(OC(=O)Cc2c(C)n(C(=O)c3ccc(Cl)cc3)c3ccc(OC)cc23)c2ccccc2)cc(Br)c1N)C1CCCCC1. The predicted octanol–water partition coefficient (Wildman–Crippen LogP) is 11.2. The number of esters is 2. The van der Waals surface area contributed by atoms with Crippen molar-refractivity contribution in [3.05, 3.63) is 164 Å². The molecule has 5 aromatic carbocycles. The van der Waals surface area contributed by atoms with Crippen molar-refractivity contribution in [2.75, 3.05) is 19.4 Å². The van der Waals surface area contributed by atoms with Gasteiger partial charge in [0.2, 0.25) is 0 Å². The van der Waals surface area contributed by atoms with Crippen molar-refractivity contribution >= 4 is 62.0 Å². The van der Waals surface area contributed by atoms with Gasteiger partial charge in [-0.3, -0.25) is 19.1 Å². The summed E-state index contributed by atoms with van der Waals surface area (Å²) < 4.78 is 20.6. The van der Waals surface area contributed by atoms with Crippen molar-refractivity contribution < 1.29 is 28.6 Å². The Morgan fingerprint density at radius 2 is 1.47 bits per heavy atom. The number of carbonyl (C=O) groups excluding carboxylic acids is 3. The number of anilines is 1. The summed E-state index contributed by atoms with van der Waals surface area (Å²) in [4.78, 5) is 45.2. The van der Waals surface area contributed by atoms with Gasteiger partial charge in [0, 0.05) is 38.7 Å². The third kappa shape index (κ3) is 9.46. The van der Waals surface area contributed by atoms with Crippen LogP contribution in [0.25, 0.3) is 10.9 Å². The molecule has 11 heteroatoms. The molecule has 0 radical (unpaired) electrons. The molecular formula is C49H49BrClN3O6. The fourth-order valence-electron chi connectivity index (χ4n) is 8.29. The van der Waals surface area contributed by atoms with Crippen molar-refractivity contribution in [2.45, 2.75) is 77.2 Å². The number of methoxy groups -OCH3 is 1. The molecule has 0 aliphatic heterocycles. The summed E-state index contributed by atoms with van der Waals surface area (Å²) in [7, 11) is 1.56. The van der Waals surface area contributed by atoms with E-state index in [2.05, 4.69) is 27.8 Å². The fraction of sp³-hybridized carbons (Fsp3) is 0.286. The van der Waals surface area contributed by atoms with Crippen LogP contribution in [0.1, 0.15) is 99.9 Å². The van der Waals surface area contributed by atoms with Crippen molar-refractivity contribution in [2.24, 2.45) is 0 Å². The molecule has 2 unspecified atom stereocenters. The number of aromatic nitrogens is 1. The number of benzene rings is 5. The van der Waals surface area contributed by atoms with Gasteiger partial charge in [-0.1, -0.05) is 98.5 Å². The molecule has 2 atom stereocenters. The molecule has 310 valence electrons. The van der Waals surface area contributed by atoms with Crippen molar-refractivity contribution in [1.29, 1.82) is 0 Å². The van der Waals surface area contributed by atoms with Gasteiger partial charge in [-0.05, 0) is 119 Å². The average Bonchev–Trinajstić information content (AvgIpc) is 3.55. The molecule has 0 spiro atoms. The average molecular weight is 891 g/mol. The molecule has 0 bridgehead atoms. The summed E-state index contributed by atoms with van der Waals surface area (Å²) in [5.74, 6) is -0.869. The molecular weight excluding hydrogens is 842 g/mol. The molecule has 2 N–H and O–H groups in total. The van der Waals surface area contributed by atoms with Crippen LogP contribution in [-0.2, 0) is 27.2 Å². The number of nitrogens with two attached hydrogens (primary N) is 1. The number of halogens is 2. The van der Waals surface area contributed by atoms with Gasteiger partial charge >= 0.3 is 11.9 Å². The third-order valence-electron chi connectivity index (χ3n) is 11.5. The minimum Gasteiger partial charge on any atom is -0.497 e. The lowest BCUT2D eigenvalue weighted by molar-refractivity contribution is -0.155. The smallest absolute Gasteiger partial charge is 0.338 e. The van der Waals surface area contributed by atoms with Crippen LogP contribution in [-0.4, -0.2) is 47.0 Å². The zero-order chi connectivity index (χ0) is 42.3. The number of hydrogen-bond donors (Lipinski definition) is 1. The van der Waals surface area contributed by atoms with E-state index in [4.69, 9.17) is 31.5 Å². The van der Waals surface area contributed by atoms with Gasteiger partial charge in [0.1, 0.15) is 5.75 Å². The molecule has 1 fully saturated rings. The van der Waals surface area contributed by atoms with E-state index in [0.29, 0.717) is 77.9 Å². The predicted molar refractivity (Wildman–Crippen MR) is 239 cm³/mol. The van der Waals surface area contributed by atoms with Crippen LogP contribution in [0.4, 0.5) is 5.69 Å². The van der Waals surface area contributed by atoms with Gasteiger partial charge in [0.25, 0.3) is 5.91 Å². The molecule has 1 aliphatic carbocycles. The highest BCUT2D eigenvalue weighted by Crippen LogP contribution is 2.39. The van der Waals surface area contributed by atoms with Gasteiger partial charge in [0.05, 0.1) is 30.3 Å². The maximum Gasteiger partial charge on any atom is 0.338 e. The minimum atomic E-state index is -1.04. The second-order valence-corrected chi connectivity index (χ2v) is 16.5. The van der Waals surface area contributed by atoms with E-state index in [1.54, 1.807) is 61.1 Å². The lowest BCUT2D eigenvalue weighted by Gasteiger charge is -2.34. The van der Waals surface area contributed by atoms with Gasteiger partial charge < -0.3 is 19.9 Å². The topological polar surface area (TPSA) is 113 Å². The van der Waals surface area contributed by atoms with Crippen LogP contribution in [0, 0.1) is 6.92 Å².